The SMILES string of the molecule is COc1ccc(-c2nc(CSc3nc4ccccc4c(=O)n3C(C)C)cs2)c(OC)c1. The number of rotatable bonds is 7. The largest absolute Gasteiger partial charge is 0.497 e. The van der Waals surface area contributed by atoms with Gasteiger partial charge in [-0.25, -0.2) is 9.97 Å². The van der Waals surface area contributed by atoms with E-state index < -0.39 is 0 Å². The average Bonchev–Trinajstić information content (AvgIpc) is 3.25. The van der Waals surface area contributed by atoms with Gasteiger partial charge >= 0.3 is 0 Å². The van der Waals surface area contributed by atoms with E-state index in [1.807, 2.05) is 61.7 Å². The highest BCUT2D eigenvalue weighted by atomic mass is 32.2. The summed E-state index contributed by atoms with van der Waals surface area (Å²) < 4.78 is 12.5. The first-order valence-electron chi connectivity index (χ1n) is 9.82. The fourth-order valence-electron chi connectivity index (χ4n) is 3.29. The predicted molar refractivity (Wildman–Crippen MR) is 127 cm³/mol. The van der Waals surface area contributed by atoms with E-state index in [0.29, 0.717) is 21.8 Å². The Hall–Kier alpha value is -2.84. The molecule has 6 nitrogen and oxygen atoms in total. The highest BCUT2D eigenvalue weighted by Gasteiger charge is 2.16. The molecule has 0 amide bonds. The number of thioether (sulfide) groups is 1. The number of thiazole rings is 1. The van der Waals surface area contributed by atoms with Crippen molar-refractivity contribution in [1.29, 1.82) is 0 Å². The first-order valence-corrected chi connectivity index (χ1v) is 11.7. The first-order chi connectivity index (χ1) is 15.0. The zero-order valence-electron chi connectivity index (χ0n) is 17.8. The topological polar surface area (TPSA) is 66.2 Å². The van der Waals surface area contributed by atoms with Gasteiger partial charge in [-0.3, -0.25) is 9.36 Å². The number of fused-ring (bicyclic) bond motifs is 1. The van der Waals surface area contributed by atoms with E-state index in [-0.39, 0.29) is 11.6 Å². The van der Waals surface area contributed by atoms with Crippen LogP contribution in [0.5, 0.6) is 11.5 Å². The molecule has 0 atom stereocenters. The summed E-state index contributed by atoms with van der Waals surface area (Å²) in [6.45, 7) is 4.00. The predicted octanol–water partition coefficient (Wildman–Crippen LogP) is 5.41. The zero-order valence-corrected chi connectivity index (χ0v) is 19.4. The molecule has 2 aromatic carbocycles. The van der Waals surface area contributed by atoms with Crippen LogP contribution in [-0.2, 0) is 5.75 Å². The van der Waals surface area contributed by atoms with E-state index in [1.165, 1.54) is 11.8 Å². The van der Waals surface area contributed by atoms with Gasteiger partial charge in [0.25, 0.3) is 5.56 Å². The van der Waals surface area contributed by atoms with Gasteiger partial charge in [0.2, 0.25) is 0 Å². The maximum Gasteiger partial charge on any atom is 0.262 e. The molecule has 0 aliphatic heterocycles. The highest BCUT2D eigenvalue weighted by Crippen LogP contribution is 2.36. The van der Waals surface area contributed by atoms with Crippen molar-refractivity contribution in [2.24, 2.45) is 0 Å². The van der Waals surface area contributed by atoms with Gasteiger partial charge in [-0.05, 0) is 38.1 Å². The second-order valence-corrected chi connectivity index (χ2v) is 8.98. The number of hydrogen-bond donors (Lipinski definition) is 0. The molecule has 0 radical (unpaired) electrons. The lowest BCUT2D eigenvalue weighted by atomic mass is 10.2. The Bertz CT molecular complexity index is 1280. The minimum Gasteiger partial charge on any atom is -0.497 e. The first kappa shape index (κ1) is 21.4. The van der Waals surface area contributed by atoms with Gasteiger partial charge in [-0.1, -0.05) is 23.9 Å². The van der Waals surface area contributed by atoms with Crippen molar-refractivity contribution in [1.82, 2.24) is 14.5 Å². The smallest absolute Gasteiger partial charge is 0.262 e. The molecule has 4 aromatic rings. The van der Waals surface area contributed by atoms with E-state index in [4.69, 9.17) is 19.4 Å². The Labute approximate surface area is 188 Å². The van der Waals surface area contributed by atoms with Crippen molar-refractivity contribution in [3.8, 4) is 22.1 Å². The summed E-state index contributed by atoms with van der Waals surface area (Å²) in [6, 6.07) is 13.2. The van der Waals surface area contributed by atoms with Crippen molar-refractivity contribution in [3.05, 3.63) is 63.9 Å². The van der Waals surface area contributed by atoms with Crippen LogP contribution in [0.3, 0.4) is 0 Å². The van der Waals surface area contributed by atoms with Crippen molar-refractivity contribution in [2.45, 2.75) is 30.8 Å². The van der Waals surface area contributed by atoms with Crippen LogP contribution in [0.4, 0.5) is 0 Å². The summed E-state index contributed by atoms with van der Waals surface area (Å²) in [5, 5.41) is 4.26. The van der Waals surface area contributed by atoms with Gasteiger partial charge in [0.1, 0.15) is 16.5 Å². The van der Waals surface area contributed by atoms with Crippen molar-refractivity contribution in [3.63, 3.8) is 0 Å². The van der Waals surface area contributed by atoms with Crippen LogP contribution < -0.4 is 15.0 Å². The third kappa shape index (κ3) is 4.31. The maximum absolute atomic E-state index is 13.0. The van der Waals surface area contributed by atoms with Gasteiger partial charge < -0.3 is 9.47 Å². The number of nitrogens with zero attached hydrogens (tertiary/aromatic N) is 3. The van der Waals surface area contributed by atoms with Crippen LogP contribution in [0.2, 0.25) is 0 Å². The molecule has 31 heavy (non-hydrogen) atoms. The monoisotopic (exact) mass is 453 g/mol. The Morgan fingerprint density at radius 2 is 1.90 bits per heavy atom. The second kappa shape index (κ2) is 9.11. The van der Waals surface area contributed by atoms with E-state index >= 15 is 0 Å². The molecule has 0 unspecified atom stereocenters. The summed E-state index contributed by atoms with van der Waals surface area (Å²) in [7, 11) is 3.27. The zero-order chi connectivity index (χ0) is 22.0. The summed E-state index contributed by atoms with van der Waals surface area (Å²) in [5.41, 5.74) is 2.56. The molecule has 4 rings (SSSR count). The maximum atomic E-state index is 13.0. The number of hydrogen-bond acceptors (Lipinski definition) is 7. The van der Waals surface area contributed by atoms with E-state index in [0.717, 1.165) is 27.8 Å². The molecule has 8 heteroatoms. The number of aromatic nitrogens is 3. The fraction of sp³-hybridized carbons (Fsp3) is 0.261. The van der Waals surface area contributed by atoms with Gasteiger partial charge in [0.05, 0.1) is 36.4 Å². The summed E-state index contributed by atoms with van der Waals surface area (Å²) in [6.07, 6.45) is 0. The van der Waals surface area contributed by atoms with E-state index in [1.54, 1.807) is 30.1 Å². The molecule has 0 spiro atoms. The van der Waals surface area contributed by atoms with Crippen molar-refractivity contribution in [2.75, 3.05) is 14.2 Å². The molecule has 2 heterocycles. The standard InChI is InChI=1S/C23H23N3O3S2/c1-14(2)26-22(27)17-7-5-6-8-19(17)25-23(26)31-13-15-12-30-21(24-15)18-10-9-16(28-3)11-20(18)29-4/h5-12,14H,13H2,1-4H3. The quantitative estimate of drug-likeness (QED) is 0.275. The number of para-hydroxylation sites is 1. The number of ether oxygens (including phenoxy) is 2. The van der Waals surface area contributed by atoms with E-state index in [2.05, 4.69) is 0 Å². The summed E-state index contributed by atoms with van der Waals surface area (Å²) in [5.74, 6) is 2.08. The minimum absolute atomic E-state index is 0.00923. The Balaban J connectivity index is 1.62. The van der Waals surface area contributed by atoms with Gasteiger partial charge in [-0.2, -0.15) is 0 Å². The molecule has 0 aliphatic rings. The van der Waals surface area contributed by atoms with Crippen LogP contribution in [0.1, 0.15) is 25.6 Å². The van der Waals surface area contributed by atoms with Crippen molar-refractivity contribution < 1.29 is 9.47 Å². The highest BCUT2D eigenvalue weighted by molar-refractivity contribution is 7.98. The lowest BCUT2D eigenvalue weighted by Gasteiger charge is -2.15. The van der Waals surface area contributed by atoms with Crippen LogP contribution in [0.25, 0.3) is 21.5 Å². The second-order valence-electron chi connectivity index (χ2n) is 7.18. The molecule has 160 valence electrons. The molecule has 0 aliphatic carbocycles. The summed E-state index contributed by atoms with van der Waals surface area (Å²) >= 11 is 3.09. The Kier molecular flexibility index (Phi) is 6.29. The van der Waals surface area contributed by atoms with Crippen LogP contribution in [0, 0.1) is 0 Å². The van der Waals surface area contributed by atoms with Crippen LogP contribution >= 0.6 is 23.1 Å². The molecule has 0 saturated carbocycles. The normalized spacial score (nSPS) is 11.3. The van der Waals surface area contributed by atoms with Gasteiger partial charge in [-0.15, -0.1) is 11.3 Å². The average molecular weight is 454 g/mol. The Morgan fingerprint density at radius 3 is 2.65 bits per heavy atom. The molecule has 0 fully saturated rings. The number of methoxy groups -OCH3 is 2. The van der Waals surface area contributed by atoms with Crippen molar-refractivity contribution >= 4 is 34.0 Å². The minimum atomic E-state index is -0.00923. The molecule has 0 saturated heterocycles. The molecule has 0 N–H and O–H groups in total. The van der Waals surface area contributed by atoms with Crippen LogP contribution in [0.15, 0.2) is 57.8 Å². The molecular weight excluding hydrogens is 430 g/mol. The third-order valence-corrected chi connectivity index (χ3v) is 6.74. The van der Waals surface area contributed by atoms with Crippen LogP contribution in [-0.4, -0.2) is 28.8 Å². The lowest BCUT2D eigenvalue weighted by molar-refractivity contribution is 0.395. The van der Waals surface area contributed by atoms with Gasteiger partial charge in [0, 0.05) is 23.2 Å². The van der Waals surface area contributed by atoms with E-state index in [9.17, 15) is 4.79 Å². The summed E-state index contributed by atoms with van der Waals surface area (Å²) in [4.78, 5) is 22.5. The lowest BCUT2D eigenvalue weighted by Crippen LogP contribution is -2.25. The molecular formula is C23H23N3O3S2. The van der Waals surface area contributed by atoms with Gasteiger partial charge in [0.15, 0.2) is 5.16 Å². The molecule has 0 bridgehead atoms. The number of benzene rings is 2. The fourth-order valence-corrected chi connectivity index (χ4v) is 5.27. The third-order valence-electron chi connectivity index (χ3n) is 4.83. The molecule has 2 aromatic heterocycles. The Morgan fingerprint density at radius 1 is 1.10 bits per heavy atom.